The van der Waals surface area contributed by atoms with E-state index in [1.54, 1.807) is 6.07 Å². The van der Waals surface area contributed by atoms with Crippen molar-refractivity contribution in [1.29, 1.82) is 5.26 Å². The van der Waals surface area contributed by atoms with E-state index < -0.39 is 5.82 Å². The molecule has 4 heteroatoms. The van der Waals surface area contributed by atoms with Crippen LogP contribution in [0.15, 0.2) is 40.9 Å². The number of nitriles is 1. The fourth-order valence-corrected chi connectivity index (χ4v) is 2.03. The van der Waals surface area contributed by atoms with Crippen LogP contribution in [0.25, 0.3) is 0 Å². The summed E-state index contributed by atoms with van der Waals surface area (Å²) in [5.41, 5.74) is 1.93. The van der Waals surface area contributed by atoms with Crippen molar-refractivity contribution in [2.24, 2.45) is 0 Å². The maximum atomic E-state index is 13.3. The molecule has 0 radical (unpaired) electrons. The van der Waals surface area contributed by atoms with Crippen LogP contribution >= 0.6 is 15.9 Å². The van der Waals surface area contributed by atoms with Gasteiger partial charge in [-0.25, -0.2) is 4.39 Å². The monoisotopic (exact) mass is 319 g/mol. The van der Waals surface area contributed by atoms with Crippen molar-refractivity contribution in [1.82, 2.24) is 0 Å². The second-order valence-electron chi connectivity index (χ2n) is 4.16. The summed E-state index contributed by atoms with van der Waals surface area (Å²) in [6.45, 7) is 2.16. The number of halogens is 2. The molecular formula is C15H11BrFNO. The van der Waals surface area contributed by atoms with E-state index >= 15 is 0 Å². The number of hydrogen-bond acceptors (Lipinski definition) is 2. The van der Waals surface area contributed by atoms with E-state index in [-0.39, 0.29) is 6.61 Å². The van der Waals surface area contributed by atoms with Crippen molar-refractivity contribution in [3.8, 4) is 11.8 Å². The summed E-state index contributed by atoms with van der Waals surface area (Å²) in [6.07, 6.45) is 0. The van der Waals surface area contributed by atoms with Crippen molar-refractivity contribution in [3.05, 3.63) is 63.4 Å². The summed E-state index contributed by atoms with van der Waals surface area (Å²) >= 11 is 3.37. The average molecular weight is 320 g/mol. The Bertz CT molecular complexity index is 649. The average Bonchev–Trinajstić information content (AvgIpc) is 2.39. The Hall–Kier alpha value is -1.86. The van der Waals surface area contributed by atoms with Crippen LogP contribution < -0.4 is 4.74 Å². The molecule has 0 aliphatic carbocycles. The Morgan fingerprint density at radius 3 is 2.79 bits per heavy atom. The lowest BCUT2D eigenvalue weighted by Crippen LogP contribution is -1.98. The van der Waals surface area contributed by atoms with Gasteiger partial charge < -0.3 is 4.74 Å². The molecule has 2 rings (SSSR count). The van der Waals surface area contributed by atoms with E-state index in [0.29, 0.717) is 11.1 Å². The van der Waals surface area contributed by atoms with Crippen LogP contribution in [-0.4, -0.2) is 0 Å². The first kappa shape index (κ1) is 13.6. The van der Waals surface area contributed by atoms with Crippen molar-refractivity contribution >= 4 is 15.9 Å². The van der Waals surface area contributed by atoms with E-state index in [1.807, 2.05) is 31.2 Å². The van der Waals surface area contributed by atoms with Crippen molar-refractivity contribution in [2.75, 3.05) is 0 Å². The molecule has 2 aromatic carbocycles. The Labute approximate surface area is 119 Å². The van der Waals surface area contributed by atoms with Gasteiger partial charge in [0.25, 0.3) is 0 Å². The van der Waals surface area contributed by atoms with Gasteiger partial charge in [0.1, 0.15) is 18.2 Å². The van der Waals surface area contributed by atoms with Crippen LogP contribution in [0.3, 0.4) is 0 Å². The third-order valence-corrected chi connectivity index (χ3v) is 3.12. The van der Waals surface area contributed by atoms with Crippen LogP contribution in [0, 0.1) is 24.1 Å². The minimum atomic E-state index is -0.427. The van der Waals surface area contributed by atoms with E-state index in [1.165, 1.54) is 12.1 Å². The standard InChI is InChI=1S/C15H11BrFNO/c1-10-2-3-13(16)7-15(10)19-9-12-4-11(8-18)5-14(17)6-12/h2-7H,9H2,1H3. The van der Waals surface area contributed by atoms with Gasteiger partial charge in [-0.05, 0) is 48.4 Å². The summed E-state index contributed by atoms with van der Waals surface area (Å²) in [6, 6.07) is 11.8. The van der Waals surface area contributed by atoms with Gasteiger partial charge in [-0.3, -0.25) is 0 Å². The number of hydrogen-bond donors (Lipinski definition) is 0. The Morgan fingerprint density at radius 2 is 2.05 bits per heavy atom. The number of benzene rings is 2. The summed E-state index contributed by atoms with van der Waals surface area (Å²) in [4.78, 5) is 0. The predicted molar refractivity (Wildman–Crippen MR) is 74.3 cm³/mol. The van der Waals surface area contributed by atoms with Crippen LogP contribution in [0.1, 0.15) is 16.7 Å². The molecule has 2 aromatic rings. The third kappa shape index (κ3) is 3.55. The summed E-state index contributed by atoms with van der Waals surface area (Å²) < 4.78 is 19.8. The molecule has 0 saturated carbocycles. The lowest BCUT2D eigenvalue weighted by Gasteiger charge is -2.10. The molecule has 19 heavy (non-hydrogen) atoms. The number of rotatable bonds is 3. The van der Waals surface area contributed by atoms with Gasteiger partial charge in [-0.15, -0.1) is 0 Å². The minimum absolute atomic E-state index is 0.226. The number of nitrogens with zero attached hydrogens (tertiary/aromatic N) is 1. The second kappa shape index (κ2) is 5.85. The Kier molecular flexibility index (Phi) is 4.18. The van der Waals surface area contributed by atoms with E-state index in [0.717, 1.165) is 15.8 Å². The molecule has 0 atom stereocenters. The molecule has 0 saturated heterocycles. The normalized spacial score (nSPS) is 10.0. The maximum absolute atomic E-state index is 13.3. The SMILES string of the molecule is Cc1ccc(Br)cc1OCc1cc(F)cc(C#N)c1. The second-order valence-corrected chi connectivity index (χ2v) is 5.07. The Morgan fingerprint density at radius 1 is 1.26 bits per heavy atom. The van der Waals surface area contributed by atoms with Crippen LogP contribution in [0.5, 0.6) is 5.75 Å². The first-order chi connectivity index (χ1) is 9.08. The lowest BCUT2D eigenvalue weighted by atomic mass is 10.1. The highest BCUT2D eigenvalue weighted by atomic mass is 79.9. The molecule has 0 unspecified atom stereocenters. The predicted octanol–water partition coefficient (Wildman–Crippen LogP) is 4.35. The fraction of sp³-hybridized carbons (Fsp3) is 0.133. The van der Waals surface area contributed by atoms with E-state index in [2.05, 4.69) is 15.9 Å². The van der Waals surface area contributed by atoms with E-state index in [4.69, 9.17) is 10.00 Å². The summed E-state index contributed by atoms with van der Waals surface area (Å²) in [5.74, 6) is 0.306. The topological polar surface area (TPSA) is 33.0 Å². The highest BCUT2D eigenvalue weighted by Gasteiger charge is 2.04. The third-order valence-electron chi connectivity index (χ3n) is 2.63. The highest BCUT2D eigenvalue weighted by molar-refractivity contribution is 9.10. The molecule has 2 nitrogen and oxygen atoms in total. The van der Waals surface area contributed by atoms with Gasteiger partial charge in [0.2, 0.25) is 0 Å². The highest BCUT2D eigenvalue weighted by Crippen LogP contribution is 2.24. The van der Waals surface area contributed by atoms with Gasteiger partial charge in [-0.2, -0.15) is 5.26 Å². The molecule has 0 aromatic heterocycles. The van der Waals surface area contributed by atoms with Gasteiger partial charge in [0.05, 0.1) is 11.6 Å². The van der Waals surface area contributed by atoms with E-state index in [9.17, 15) is 4.39 Å². The number of ether oxygens (including phenoxy) is 1. The van der Waals surface area contributed by atoms with Gasteiger partial charge in [0, 0.05) is 4.47 Å². The molecular weight excluding hydrogens is 309 g/mol. The zero-order valence-corrected chi connectivity index (χ0v) is 11.9. The van der Waals surface area contributed by atoms with Crippen molar-refractivity contribution in [2.45, 2.75) is 13.5 Å². The van der Waals surface area contributed by atoms with Crippen molar-refractivity contribution in [3.63, 3.8) is 0 Å². The Balaban J connectivity index is 2.17. The zero-order chi connectivity index (χ0) is 13.8. The molecule has 0 bridgehead atoms. The summed E-state index contributed by atoms with van der Waals surface area (Å²) in [7, 11) is 0. The molecule has 0 aliphatic heterocycles. The molecule has 0 N–H and O–H groups in total. The molecule has 0 heterocycles. The molecule has 0 aliphatic rings. The molecule has 96 valence electrons. The minimum Gasteiger partial charge on any atom is -0.489 e. The van der Waals surface area contributed by atoms with Gasteiger partial charge >= 0.3 is 0 Å². The lowest BCUT2D eigenvalue weighted by molar-refractivity contribution is 0.303. The molecule has 0 spiro atoms. The molecule has 0 amide bonds. The first-order valence-corrected chi connectivity index (χ1v) is 6.46. The van der Waals surface area contributed by atoms with Crippen LogP contribution in [0.2, 0.25) is 0 Å². The number of aryl methyl sites for hydroxylation is 1. The van der Waals surface area contributed by atoms with Crippen molar-refractivity contribution < 1.29 is 9.13 Å². The first-order valence-electron chi connectivity index (χ1n) is 5.67. The zero-order valence-electron chi connectivity index (χ0n) is 10.3. The van der Waals surface area contributed by atoms with Gasteiger partial charge in [-0.1, -0.05) is 22.0 Å². The summed E-state index contributed by atoms with van der Waals surface area (Å²) in [5, 5.41) is 8.79. The van der Waals surface area contributed by atoms with Gasteiger partial charge in [0.15, 0.2) is 0 Å². The van der Waals surface area contributed by atoms with Crippen LogP contribution in [0.4, 0.5) is 4.39 Å². The molecule has 0 fully saturated rings. The van der Waals surface area contributed by atoms with Crippen LogP contribution in [-0.2, 0) is 6.61 Å². The fourth-order valence-electron chi connectivity index (χ4n) is 1.69. The smallest absolute Gasteiger partial charge is 0.124 e. The quantitative estimate of drug-likeness (QED) is 0.842. The maximum Gasteiger partial charge on any atom is 0.124 e. The largest absolute Gasteiger partial charge is 0.489 e.